The fourth-order valence-corrected chi connectivity index (χ4v) is 1.43. The molecule has 0 amide bonds. The van der Waals surface area contributed by atoms with Crippen LogP contribution in [0.4, 0.5) is 5.95 Å². The maximum atomic E-state index is 11.7. The number of anilines is 1. The molecule has 0 spiro atoms. The van der Waals surface area contributed by atoms with E-state index in [1.165, 1.54) is 0 Å². The molecule has 0 aromatic carbocycles. The van der Waals surface area contributed by atoms with Gasteiger partial charge in [0.25, 0.3) is 0 Å². The molecule has 1 heterocycles. The molecule has 2 radical (unpaired) electrons. The third kappa shape index (κ3) is 3.91. The van der Waals surface area contributed by atoms with Gasteiger partial charge >= 0.3 is 5.69 Å². The first-order chi connectivity index (χ1) is 8.90. The summed E-state index contributed by atoms with van der Waals surface area (Å²) in [5.74, 6) is -0.333. The van der Waals surface area contributed by atoms with Crippen molar-refractivity contribution in [2.75, 3.05) is 18.9 Å². The molecule has 1 rings (SSSR count). The van der Waals surface area contributed by atoms with E-state index in [-0.39, 0.29) is 11.7 Å². The first-order valence-corrected chi connectivity index (χ1v) is 5.67. The minimum atomic E-state index is -1.49. The van der Waals surface area contributed by atoms with Crippen molar-refractivity contribution in [3.8, 4) is 0 Å². The van der Waals surface area contributed by atoms with E-state index in [2.05, 4.69) is 22.6 Å². The predicted octanol–water partition coefficient (Wildman–Crippen LogP) is -3.87. The number of aromatic nitrogens is 3. The molecule has 0 aliphatic carbocycles. The van der Waals surface area contributed by atoms with Crippen LogP contribution in [0.2, 0.25) is 0 Å². The molecule has 0 aliphatic rings. The minimum absolute atomic E-state index is 0.333. The van der Waals surface area contributed by atoms with Crippen molar-refractivity contribution in [1.82, 2.24) is 14.5 Å². The average Bonchev–Trinajstić information content (AvgIpc) is 2.35. The second-order valence-corrected chi connectivity index (χ2v) is 4.08. The monoisotopic (exact) mass is 288 g/mol. The lowest BCUT2D eigenvalue weighted by Crippen LogP contribution is -2.47. The van der Waals surface area contributed by atoms with Gasteiger partial charge in [0.2, 0.25) is 5.95 Å². The van der Waals surface area contributed by atoms with Crippen LogP contribution in [0.3, 0.4) is 0 Å². The van der Waals surface area contributed by atoms with Gasteiger partial charge < -0.3 is 25.8 Å². The number of aliphatic hydroxyl groups is 3. The van der Waals surface area contributed by atoms with Crippen LogP contribution in [-0.4, -0.2) is 62.5 Å². The Hall–Kier alpha value is -1.14. The van der Waals surface area contributed by atoms with Crippen molar-refractivity contribution in [2.24, 2.45) is 0 Å². The second-order valence-electron chi connectivity index (χ2n) is 3.51. The summed E-state index contributed by atoms with van der Waals surface area (Å²) >= 11 is 3.86. The molecule has 1 aromatic rings. The fraction of sp³-hybridized carbons (Fsp3) is 0.625. The van der Waals surface area contributed by atoms with Gasteiger partial charge in [-0.05, 0) is 0 Å². The van der Waals surface area contributed by atoms with Crippen LogP contribution in [0.5, 0.6) is 0 Å². The first-order valence-electron chi connectivity index (χ1n) is 5.15. The van der Waals surface area contributed by atoms with E-state index in [0.717, 1.165) is 0 Å². The lowest BCUT2D eigenvalue weighted by Gasteiger charge is -2.27. The molecule has 104 valence electrons. The highest BCUT2D eigenvalue weighted by Gasteiger charge is 2.26. The zero-order valence-corrected chi connectivity index (χ0v) is 10.6. The molecule has 0 bridgehead atoms. The zero-order valence-electron chi connectivity index (χ0n) is 9.75. The Morgan fingerprint density at radius 2 is 2.05 bits per heavy atom. The normalized spacial score (nSPS) is 16.0. The van der Waals surface area contributed by atoms with Crippen molar-refractivity contribution in [2.45, 2.75) is 17.8 Å². The number of hydrogen-bond acceptors (Lipinski definition) is 9. The van der Waals surface area contributed by atoms with Crippen molar-refractivity contribution in [3.05, 3.63) is 10.5 Å². The molecule has 0 saturated carbocycles. The van der Waals surface area contributed by atoms with E-state index in [1.54, 1.807) is 0 Å². The minimum Gasteiger partial charge on any atom is -0.394 e. The smallest absolute Gasteiger partial charge is 0.353 e. The number of nitrogens with two attached hydrogens (primary N) is 1. The van der Waals surface area contributed by atoms with Crippen LogP contribution in [-0.2, 0) is 4.74 Å². The number of ether oxygens (including phenoxy) is 1. The summed E-state index contributed by atoms with van der Waals surface area (Å²) in [5.41, 5.74) is 2.97. The maximum absolute atomic E-state index is 11.7. The van der Waals surface area contributed by atoms with E-state index < -0.39 is 36.7 Å². The number of aliphatic hydroxyl groups excluding tert-OH is 3. The molecular formula is C8H13BN4O5S. The molecule has 0 fully saturated rings. The standard InChI is InChI=1S/C8H13BN4O5S/c9-6-11-7(10)12-8(17)13(6)5(3(16)1-14)18-4(19)2-15/h3-5,14-16,19H,1-2H2,(H2,10,12,17)/t3-,4-,5?/m0/s1. The molecule has 11 heteroatoms. The number of hydrogen-bond donors (Lipinski definition) is 5. The predicted molar refractivity (Wildman–Crippen MR) is 69.2 cm³/mol. The van der Waals surface area contributed by atoms with Crippen LogP contribution in [0, 0.1) is 0 Å². The van der Waals surface area contributed by atoms with Gasteiger partial charge in [-0.2, -0.15) is 4.98 Å². The van der Waals surface area contributed by atoms with Crippen LogP contribution in [0.1, 0.15) is 6.23 Å². The summed E-state index contributed by atoms with van der Waals surface area (Å²) < 4.78 is 5.81. The topological polar surface area (TPSA) is 144 Å². The largest absolute Gasteiger partial charge is 0.394 e. The van der Waals surface area contributed by atoms with E-state index in [0.29, 0.717) is 4.57 Å². The third-order valence-electron chi connectivity index (χ3n) is 2.12. The van der Waals surface area contributed by atoms with E-state index >= 15 is 0 Å². The SMILES string of the molecule is [B]c1nc(N)nc(=O)n1C(O[C@@H](S)CO)[C@@H](O)CO. The molecule has 0 saturated heterocycles. The van der Waals surface area contributed by atoms with Crippen molar-refractivity contribution in [3.63, 3.8) is 0 Å². The van der Waals surface area contributed by atoms with Gasteiger partial charge in [-0.15, -0.1) is 12.6 Å². The van der Waals surface area contributed by atoms with Crippen LogP contribution in [0.15, 0.2) is 4.79 Å². The molecule has 1 aromatic heterocycles. The van der Waals surface area contributed by atoms with E-state index in [1.807, 2.05) is 0 Å². The van der Waals surface area contributed by atoms with Crippen molar-refractivity contribution < 1.29 is 20.1 Å². The van der Waals surface area contributed by atoms with Gasteiger partial charge in [-0.1, -0.05) is 0 Å². The summed E-state index contributed by atoms with van der Waals surface area (Å²) in [7, 11) is 5.50. The third-order valence-corrected chi connectivity index (χ3v) is 2.40. The average molecular weight is 288 g/mol. The Bertz CT molecular complexity index is 487. The Morgan fingerprint density at radius 1 is 1.42 bits per heavy atom. The Morgan fingerprint density at radius 3 is 2.53 bits per heavy atom. The maximum Gasteiger partial charge on any atom is 0.353 e. The molecule has 19 heavy (non-hydrogen) atoms. The molecule has 0 aliphatic heterocycles. The van der Waals surface area contributed by atoms with Crippen molar-refractivity contribution >= 4 is 32.1 Å². The van der Waals surface area contributed by atoms with Gasteiger partial charge in [-0.3, -0.25) is 4.57 Å². The molecular weight excluding hydrogens is 275 g/mol. The summed E-state index contributed by atoms with van der Waals surface area (Å²) in [6.45, 7) is -1.20. The van der Waals surface area contributed by atoms with Crippen LogP contribution in [0.25, 0.3) is 0 Å². The highest BCUT2D eigenvalue weighted by Crippen LogP contribution is 2.14. The number of rotatable bonds is 6. The lowest BCUT2D eigenvalue weighted by atomic mass is 10.1. The molecule has 9 nitrogen and oxygen atoms in total. The number of nitrogen functional groups attached to an aromatic ring is 1. The summed E-state index contributed by atoms with van der Waals surface area (Å²) in [5, 5.41) is 27.4. The molecule has 3 atom stereocenters. The first kappa shape index (κ1) is 15.9. The van der Waals surface area contributed by atoms with E-state index in [4.69, 9.17) is 28.5 Å². The van der Waals surface area contributed by atoms with Gasteiger partial charge in [-0.25, -0.2) is 9.78 Å². The van der Waals surface area contributed by atoms with E-state index in [9.17, 15) is 9.90 Å². The zero-order chi connectivity index (χ0) is 14.6. The van der Waals surface area contributed by atoms with Gasteiger partial charge in [0, 0.05) is 0 Å². The molecule has 1 unspecified atom stereocenters. The van der Waals surface area contributed by atoms with Crippen LogP contribution >= 0.6 is 12.6 Å². The highest BCUT2D eigenvalue weighted by molar-refractivity contribution is 7.80. The summed E-state index contributed by atoms with van der Waals surface area (Å²) in [4.78, 5) is 18.6. The van der Waals surface area contributed by atoms with Crippen LogP contribution < -0.4 is 17.1 Å². The summed E-state index contributed by atoms with van der Waals surface area (Å²) in [6.07, 6.45) is -2.90. The van der Waals surface area contributed by atoms with Gasteiger partial charge in [0.15, 0.2) is 14.1 Å². The van der Waals surface area contributed by atoms with Gasteiger partial charge in [0.1, 0.15) is 11.5 Å². The fourth-order valence-electron chi connectivity index (χ4n) is 1.30. The number of nitrogens with zero attached hydrogens (tertiary/aromatic N) is 3. The number of thiol groups is 1. The highest BCUT2D eigenvalue weighted by atomic mass is 32.1. The second kappa shape index (κ2) is 6.87. The Kier molecular flexibility index (Phi) is 5.75. The summed E-state index contributed by atoms with van der Waals surface area (Å²) in [6, 6.07) is 0. The lowest BCUT2D eigenvalue weighted by molar-refractivity contribution is -0.115. The molecule has 5 N–H and O–H groups in total. The van der Waals surface area contributed by atoms with Gasteiger partial charge in [0.05, 0.1) is 18.9 Å². The Balaban J connectivity index is 3.21. The quantitative estimate of drug-likeness (QED) is 0.203. The van der Waals surface area contributed by atoms with Crippen molar-refractivity contribution in [1.29, 1.82) is 0 Å². The Labute approximate surface area is 114 Å².